The Kier molecular flexibility index (Phi) is 3.75. The van der Waals surface area contributed by atoms with Crippen molar-refractivity contribution in [1.82, 2.24) is 15.1 Å². The lowest BCUT2D eigenvalue weighted by Crippen LogP contribution is -2.49. The molecule has 2 aliphatic rings. The number of carbonyl (C=O) groups is 2. The van der Waals surface area contributed by atoms with Gasteiger partial charge in [-0.25, -0.2) is 4.79 Å². The highest BCUT2D eigenvalue weighted by atomic mass is 16.5. The fraction of sp³-hybridized carbons (Fsp3) is 0.833. The molecule has 18 heavy (non-hydrogen) atoms. The lowest BCUT2D eigenvalue weighted by Gasteiger charge is -2.35. The molecule has 0 spiro atoms. The molecule has 102 valence electrons. The molecule has 2 aliphatic heterocycles. The molecule has 0 aromatic carbocycles. The van der Waals surface area contributed by atoms with Crippen molar-refractivity contribution in [3.05, 3.63) is 0 Å². The number of hydrogen-bond donors (Lipinski definition) is 1. The van der Waals surface area contributed by atoms with Crippen LogP contribution in [0.2, 0.25) is 0 Å². The van der Waals surface area contributed by atoms with E-state index in [0.717, 1.165) is 19.4 Å². The molecule has 0 unspecified atom stereocenters. The van der Waals surface area contributed by atoms with Gasteiger partial charge in [-0.2, -0.15) is 0 Å². The van der Waals surface area contributed by atoms with Gasteiger partial charge in [0, 0.05) is 34.2 Å². The maximum Gasteiger partial charge on any atom is 0.319 e. The van der Waals surface area contributed by atoms with E-state index in [0.29, 0.717) is 12.5 Å². The van der Waals surface area contributed by atoms with E-state index in [2.05, 4.69) is 5.32 Å². The number of nitrogens with one attached hydrogen (secondary N) is 1. The first-order chi connectivity index (χ1) is 8.52. The molecule has 0 saturated carbocycles. The number of fused-ring (bicyclic) bond motifs is 1. The Morgan fingerprint density at radius 2 is 2.11 bits per heavy atom. The molecule has 2 rings (SSSR count). The zero-order valence-electron chi connectivity index (χ0n) is 11.2. The highest BCUT2D eigenvalue weighted by Gasteiger charge is 2.42. The minimum atomic E-state index is -0.348. The van der Waals surface area contributed by atoms with Gasteiger partial charge in [0.1, 0.15) is 6.10 Å². The third kappa shape index (κ3) is 2.43. The van der Waals surface area contributed by atoms with Crippen molar-refractivity contribution in [3.63, 3.8) is 0 Å². The van der Waals surface area contributed by atoms with Crippen molar-refractivity contribution in [2.45, 2.75) is 25.0 Å². The normalized spacial score (nSPS) is 30.8. The van der Waals surface area contributed by atoms with Gasteiger partial charge in [0.25, 0.3) is 0 Å². The van der Waals surface area contributed by atoms with Crippen LogP contribution in [-0.2, 0) is 9.53 Å². The topological polar surface area (TPSA) is 61.9 Å². The summed E-state index contributed by atoms with van der Waals surface area (Å²) in [7, 11) is 5.12. The van der Waals surface area contributed by atoms with Crippen LogP contribution in [0.3, 0.4) is 0 Å². The van der Waals surface area contributed by atoms with Crippen LogP contribution in [0, 0.1) is 5.92 Å². The lowest BCUT2D eigenvalue weighted by atomic mass is 9.92. The Morgan fingerprint density at radius 3 is 2.72 bits per heavy atom. The van der Waals surface area contributed by atoms with Gasteiger partial charge in [0.05, 0.1) is 6.10 Å². The largest absolute Gasteiger partial charge is 0.363 e. The van der Waals surface area contributed by atoms with E-state index in [1.807, 2.05) is 0 Å². The van der Waals surface area contributed by atoms with Crippen molar-refractivity contribution in [2.75, 3.05) is 34.2 Å². The van der Waals surface area contributed by atoms with E-state index in [4.69, 9.17) is 4.74 Å². The monoisotopic (exact) mass is 255 g/mol. The van der Waals surface area contributed by atoms with Crippen molar-refractivity contribution in [1.29, 1.82) is 0 Å². The predicted molar refractivity (Wildman–Crippen MR) is 66.1 cm³/mol. The quantitative estimate of drug-likeness (QED) is 0.711. The summed E-state index contributed by atoms with van der Waals surface area (Å²) in [6.07, 6.45) is 1.34. The lowest BCUT2D eigenvalue weighted by molar-refractivity contribution is -0.132. The summed E-state index contributed by atoms with van der Waals surface area (Å²) in [4.78, 5) is 26.8. The van der Waals surface area contributed by atoms with Gasteiger partial charge >= 0.3 is 6.03 Å². The maximum atomic E-state index is 11.9. The summed E-state index contributed by atoms with van der Waals surface area (Å²) in [5.74, 6) is 0.341. The van der Waals surface area contributed by atoms with Gasteiger partial charge in [-0.05, 0) is 18.8 Å². The zero-order chi connectivity index (χ0) is 13.3. The molecule has 3 amide bonds. The third-order valence-electron chi connectivity index (χ3n) is 3.74. The molecular weight excluding hydrogens is 234 g/mol. The summed E-state index contributed by atoms with van der Waals surface area (Å²) < 4.78 is 5.75. The number of amides is 3. The van der Waals surface area contributed by atoms with Crippen molar-refractivity contribution in [3.8, 4) is 0 Å². The first-order valence-electron chi connectivity index (χ1n) is 6.36. The van der Waals surface area contributed by atoms with Crippen LogP contribution in [0.5, 0.6) is 0 Å². The number of urea groups is 1. The van der Waals surface area contributed by atoms with Gasteiger partial charge < -0.3 is 19.9 Å². The Labute approximate surface area is 107 Å². The number of likely N-dealkylation sites (N-methyl/N-ethyl adjacent to an activating group) is 1. The van der Waals surface area contributed by atoms with Crippen LogP contribution >= 0.6 is 0 Å². The highest BCUT2D eigenvalue weighted by Crippen LogP contribution is 2.33. The molecule has 2 fully saturated rings. The molecular formula is C12H21N3O3. The molecule has 2 heterocycles. The number of piperidine rings is 1. The minimum Gasteiger partial charge on any atom is -0.363 e. The van der Waals surface area contributed by atoms with E-state index in [1.165, 1.54) is 0 Å². The third-order valence-corrected chi connectivity index (χ3v) is 3.74. The molecule has 0 aliphatic carbocycles. The number of hydrogen-bond acceptors (Lipinski definition) is 3. The molecule has 6 nitrogen and oxygen atoms in total. The highest BCUT2D eigenvalue weighted by molar-refractivity contribution is 5.80. The standard InChI is InChI=1S/C12H21N3O3/c1-13-11(16)9-6-8-4-5-15(7-10(8)18-9)12(17)14(2)3/h8-10H,4-7H2,1-3H3,(H,13,16)/t8-,9-,10+/m0/s1. The van der Waals surface area contributed by atoms with E-state index < -0.39 is 0 Å². The molecule has 0 bridgehead atoms. The second kappa shape index (κ2) is 5.14. The first-order valence-corrected chi connectivity index (χ1v) is 6.36. The minimum absolute atomic E-state index is 0.00458. The summed E-state index contributed by atoms with van der Waals surface area (Å²) in [6.45, 7) is 1.34. The van der Waals surface area contributed by atoms with Crippen LogP contribution in [-0.4, -0.2) is 68.2 Å². The summed E-state index contributed by atoms with van der Waals surface area (Å²) >= 11 is 0. The fourth-order valence-electron chi connectivity index (χ4n) is 2.72. The van der Waals surface area contributed by atoms with Gasteiger partial charge in [0.15, 0.2) is 0 Å². The van der Waals surface area contributed by atoms with Crippen LogP contribution in [0.25, 0.3) is 0 Å². The Bertz CT molecular complexity index is 345. The Hall–Kier alpha value is -1.30. The molecule has 0 radical (unpaired) electrons. The molecule has 0 aromatic heterocycles. The van der Waals surface area contributed by atoms with Crippen molar-refractivity contribution in [2.24, 2.45) is 5.92 Å². The molecule has 3 atom stereocenters. The van der Waals surface area contributed by atoms with Gasteiger partial charge in [-0.15, -0.1) is 0 Å². The zero-order valence-corrected chi connectivity index (χ0v) is 11.2. The van der Waals surface area contributed by atoms with Gasteiger partial charge in [0.2, 0.25) is 5.91 Å². The average Bonchev–Trinajstić information content (AvgIpc) is 2.79. The van der Waals surface area contributed by atoms with Crippen molar-refractivity contribution >= 4 is 11.9 Å². The first kappa shape index (κ1) is 13.1. The van der Waals surface area contributed by atoms with E-state index in [1.54, 1.807) is 30.9 Å². The summed E-state index contributed by atoms with van der Waals surface area (Å²) in [5, 5.41) is 2.62. The Balaban J connectivity index is 1.95. The second-order valence-corrected chi connectivity index (χ2v) is 5.18. The molecule has 2 saturated heterocycles. The molecule has 1 N–H and O–H groups in total. The van der Waals surface area contributed by atoms with Crippen molar-refractivity contribution < 1.29 is 14.3 Å². The number of rotatable bonds is 1. The van der Waals surface area contributed by atoms with E-state index >= 15 is 0 Å². The van der Waals surface area contributed by atoms with Crippen LogP contribution in [0.1, 0.15) is 12.8 Å². The number of ether oxygens (including phenoxy) is 1. The molecule has 0 aromatic rings. The van der Waals surface area contributed by atoms with Crippen LogP contribution in [0.15, 0.2) is 0 Å². The fourth-order valence-corrected chi connectivity index (χ4v) is 2.72. The predicted octanol–water partition coefficient (Wildman–Crippen LogP) is -0.107. The summed E-state index contributed by atoms with van der Waals surface area (Å²) in [6, 6.07) is 0.0143. The van der Waals surface area contributed by atoms with Gasteiger partial charge in [-0.1, -0.05) is 0 Å². The van der Waals surface area contributed by atoms with E-state index in [9.17, 15) is 9.59 Å². The Morgan fingerprint density at radius 1 is 1.39 bits per heavy atom. The maximum absolute atomic E-state index is 11.9. The van der Waals surface area contributed by atoms with E-state index in [-0.39, 0.29) is 24.1 Å². The van der Waals surface area contributed by atoms with Crippen LogP contribution in [0.4, 0.5) is 4.79 Å². The van der Waals surface area contributed by atoms with Gasteiger partial charge in [-0.3, -0.25) is 4.79 Å². The van der Waals surface area contributed by atoms with Crippen LogP contribution < -0.4 is 5.32 Å². The number of likely N-dealkylation sites (tertiary alicyclic amines) is 1. The smallest absolute Gasteiger partial charge is 0.319 e. The second-order valence-electron chi connectivity index (χ2n) is 5.18. The molecule has 6 heteroatoms. The number of carbonyl (C=O) groups excluding carboxylic acids is 2. The number of nitrogens with zero attached hydrogens (tertiary/aromatic N) is 2. The average molecular weight is 255 g/mol. The SMILES string of the molecule is CNC(=O)[C@@H]1C[C@@H]2CCN(C(=O)N(C)C)C[C@H]2O1. The summed E-state index contributed by atoms with van der Waals surface area (Å²) in [5.41, 5.74) is 0.